The summed E-state index contributed by atoms with van der Waals surface area (Å²) in [5, 5.41) is 1.58. The predicted octanol–water partition coefficient (Wildman–Crippen LogP) is 7.00. The summed E-state index contributed by atoms with van der Waals surface area (Å²) in [5.74, 6) is -5.29. The number of alkyl halides is 4. The lowest BCUT2D eigenvalue weighted by Crippen LogP contribution is -2.55. The molecule has 2 aromatic rings. The van der Waals surface area contributed by atoms with E-state index in [1.165, 1.54) is 12.1 Å². The molecule has 5 nitrogen and oxygen atoms in total. The van der Waals surface area contributed by atoms with Crippen molar-refractivity contribution in [2.24, 2.45) is 11.8 Å². The molecule has 2 aromatic carbocycles. The Bertz CT molecular complexity index is 1330. The maximum Gasteiger partial charge on any atom is 0.274 e. The number of allylic oxidation sites excluding steroid dienone is 2. The predicted molar refractivity (Wildman–Crippen MR) is 142 cm³/mol. The van der Waals surface area contributed by atoms with Crippen molar-refractivity contribution in [3.8, 4) is 0 Å². The quantitative estimate of drug-likeness (QED) is 0.265. The number of nitrogens with zero attached hydrogens (tertiary/aromatic N) is 2. The number of hydrogen-bond donors (Lipinski definition) is 0. The fourth-order valence-corrected chi connectivity index (χ4v) is 8.35. The van der Waals surface area contributed by atoms with Gasteiger partial charge in [-0.15, -0.1) is 23.2 Å². The molecule has 1 saturated carbocycles. The molecular formula is C23H12Cl8N2O3. The van der Waals surface area contributed by atoms with E-state index in [2.05, 4.69) is 0 Å². The van der Waals surface area contributed by atoms with Crippen LogP contribution in [0, 0.1) is 11.8 Å². The van der Waals surface area contributed by atoms with Crippen molar-refractivity contribution in [3.63, 3.8) is 0 Å². The van der Waals surface area contributed by atoms with Crippen molar-refractivity contribution in [2.45, 2.75) is 20.6 Å². The largest absolute Gasteiger partial charge is 0.274 e. The number of carbonyl (C=O) groups is 3. The molecule has 2 aliphatic carbocycles. The molecule has 1 heterocycles. The fourth-order valence-electron chi connectivity index (χ4n) is 5.01. The molecule has 5 rings (SSSR count). The lowest BCUT2D eigenvalue weighted by Gasteiger charge is -2.37. The molecule has 0 N–H and O–H groups in total. The molecule has 0 unspecified atom stereocenters. The van der Waals surface area contributed by atoms with Gasteiger partial charge in [0.2, 0.25) is 0 Å². The SMILES string of the molecule is O=C(c1ccccc1Cl)N(Cc1ccccc1Cl)N1C(=O)[C@H]2[C@H](C1=O)[C@@]1(Cl)C(Cl)=C(Cl)[C@@]2(Cl)C1(Cl)Cl. The zero-order valence-electron chi connectivity index (χ0n) is 17.6. The lowest BCUT2D eigenvalue weighted by atomic mass is 9.84. The van der Waals surface area contributed by atoms with Crippen LogP contribution in [0.4, 0.5) is 0 Å². The summed E-state index contributed by atoms with van der Waals surface area (Å²) < 4.78 is -2.09. The standard InChI is InChI=1S/C23H12Cl8N2O3/c24-12-7-3-1-5-10(12)9-32(18(34)11-6-2-4-8-13(11)25)33-19(35)14-15(20(33)36)22(29)17(27)16(26)21(14,28)23(22,30)31/h1-8,14-15H,9H2/t14-,15-,21-,22-/m1/s1. The number of amides is 3. The van der Waals surface area contributed by atoms with Gasteiger partial charge in [-0.05, 0) is 23.8 Å². The molecule has 0 aromatic heterocycles. The first kappa shape index (κ1) is 26.7. The van der Waals surface area contributed by atoms with Crippen molar-refractivity contribution in [1.29, 1.82) is 0 Å². The topological polar surface area (TPSA) is 57.7 Å². The first-order valence-electron chi connectivity index (χ1n) is 10.3. The van der Waals surface area contributed by atoms with Crippen LogP contribution >= 0.6 is 92.8 Å². The van der Waals surface area contributed by atoms with E-state index in [1.807, 2.05) is 0 Å². The Labute approximate surface area is 245 Å². The second-order valence-electron chi connectivity index (χ2n) is 8.50. The van der Waals surface area contributed by atoms with Crippen molar-refractivity contribution in [1.82, 2.24) is 10.0 Å². The highest BCUT2D eigenvalue weighted by Gasteiger charge is 2.88. The highest BCUT2D eigenvalue weighted by atomic mass is 35.5. The van der Waals surface area contributed by atoms with Gasteiger partial charge in [0.15, 0.2) is 4.33 Å². The van der Waals surface area contributed by atoms with Crippen molar-refractivity contribution >= 4 is 111 Å². The maximum atomic E-state index is 13.9. The summed E-state index contributed by atoms with van der Waals surface area (Å²) in [6, 6.07) is 12.8. The number of fused-ring (bicyclic) bond motifs is 5. The van der Waals surface area contributed by atoms with Gasteiger partial charge in [-0.2, -0.15) is 5.01 Å². The molecule has 3 aliphatic rings. The second-order valence-corrected chi connectivity index (χ2v) is 12.6. The number of hydrazine groups is 1. The van der Waals surface area contributed by atoms with E-state index in [9.17, 15) is 14.4 Å². The zero-order valence-corrected chi connectivity index (χ0v) is 23.7. The molecule has 188 valence electrons. The molecule has 36 heavy (non-hydrogen) atoms. The number of benzene rings is 2. The van der Waals surface area contributed by atoms with E-state index in [1.54, 1.807) is 36.4 Å². The molecule has 2 bridgehead atoms. The van der Waals surface area contributed by atoms with E-state index in [0.717, 1.165) is 5.01 Å². The van der Waals surface area contributed by atoms with Gasteiger partial charge in [-0.3, -0.25) is 14.4 Å². The molecule has 3 amide bonds. The Hall–Kier alpha value is -0.890. The molecule has 4 atom stereocenters. The monoisotopic (exact) mass is 644 g/mol. The van der Waals surface area contributed by atoms with Gasteiger partial charge in [-0.25, -0.2) is 5.01 Å². The molecule has 0 radical (unpaired) electrons. The summed E-state index contributed by atoms with van der Waals surface area (Å²) in [6.07, 6.45) is 0. The van der Waals surface area contributed by atoms with Crippen molar-refractivity contribution in [2.75, 3.05) is 0 Å². The minimum atomic E-state index is -2.09. The number of hydrogen-bond acceptors (Lipinski definition) is 3. The van der Waals surface area contributed by atoms with Crippen LogP contribution in [0.25, 0.3) is 0 Å². The summed E-state index contributed by atoms with van der Waals surface area (Å²) in [7, 11) is 0. The van der Waals surface area contributed by atoms with E-state index in [0.29, 0.717) is 15.6 Å². The van der Waals surface area contributed by atoms with Crippen LogP contribution in [0.5, 0.6) is 0 Å². The molecule has 2 fully saturated rings. The van der Waals surface area contributed by atoms with Crippen LogP contribution in [-0.2, 0) is 16.1 Å². The minimum Gasteiger partial charge on any atom is -0.272 e. The summed E-state index contributed by atoms with van der Waals surface area (Å²) in [5.41, 5.74) is 0.505. The highest BCUT2D eigenvalue weighted by Crippen LogP contribution is 2.77. The van der Waals surface area contributed by atoms with E-state index in [-0.39, 0.29) is 27.2 Å². The Morgan fingerprint density at radius 2 is 1.25 bits per heavy atom. The van der Waals surface area contributed by atoms with Crippen LogP contribution in [0.3, 0.4) is 0 Å². The van der Waals surface area contributed by atoms with Gasteiger partial charge in [0.1, 0.15) is 9.75 Å². The van der Waals surface area contributed by atoms with Crippen LogP contribution < -0.4 is 0 Å². The average molecular weight is 648 g/mol. The highest BCUT2D eigenvalue weighted by molar-refractivity contribution is 6.66. The summed E-state index contributed by atoms with van der Waals surface area (Å²) >= 11 is 52.0. The minimum absolute atomic E-state index is 0.0475. The number of rotatable bonds is 4. The third-order valence-electron chi connectivity index (χ3n) is 6.74. The van der Waals surface area contributed by atoms with E-state index in [4.69, 9.17) is 92.8 Å². The third kappa shape index (κ3) is 3.21. The van der Waals surface area contributed by atoms with E-state index < -0.39 is 43.6 Å². The van der Waals surface area contributed by atoms with Gasteiger partial charge in [-0.1, -0.05) is 99.9 Å². The Morgan fingerprint density at radius 3 is 1.75 bits per heavy atom. The zero-order chi connectivity index (χ0) is 26.4. The molecular weight excluding hydrogens is 636 g/mol. The van der Waals surface area contributed by atoms with Gasteiger partial charge in [0, 0.05) is 5.02 Å². The average Bonchev–Trinajstić information content (AvgIpc) is 3.22. The van der Waals surface area contributed by atoms with Crippen LogP contribution in [0.1, 0.15) is 15.9 Å². The van der Waals surface area contributed by atoms with Crippen LogP contribution in [-0.4, -0.2) is 41.8 Å². The van der Waals surface area contributed by atoms with Crippen molar-refractivity contribution < 1.29 is 14.4 Å². The fraction of sp³-hybridized carbons (Fsp3) is 0.261. The van der Waals surface area contributed by atoms with Crippen LogP contribution in [0.2, 0.25) is 10.0 Å². The van der Waals surface area contributed by atoms with Gasteiger partial charge in [0.05, 0.1) is 39.0 Å². The first-order valence-corrected chi connectivity index (χ1v) is 13.3. The maximum absolute atomic E-state index is 13.9. The number of imide groups is 1. The van der Waals surface area contributed by atoms with Gasteiger partial charge >= 0.3 is 0 Å². The molecule has 1 aliphatic heterocycles. The first-order chi connectivity index (χ1) is 16.8. The normalized spacial score (nSPS) is 30.3. The summed E-state index contributed by atoms with van der Waals surface area (Å²) in [4.78, 5) is 37.5. The molecule has 0 spiro atoms. The number of carbonyl (C=O) groups excluding carboxylic acids is 3. The van der Waals surface area contributed by atoms with Gasteiger partial charge < -0.3 is 0 Å². The van der Waals surface area contributed by atoms with Gasteiger partial charge in [0.25, 0.3) is 17.7 Å². The Kier molecular flexibility index (Phi) is 6.54. The third-order valence-corrected chi connectivity index (χ3v) is 11.7. The number of halogens is 8. The lowest BCUT2D eigenvalue weighted by molar-refractivity contribution is -0.156. The van der Waals surface area contributed by atoms with Crippen molar-refractivity contribution in [3.05, 3.63) is 79.8 Å². The molecule has 1 saturated heterocycles. The smallest absolute Gasteiger partial charge is 0.272 e. The van der Waals surface area contributed by atoms with Crippen LogP contribution in [0.15, 0.2) is 58.6 Å². The summed E-state index contributed by atoms with van der Waals surface area (Å²) in [6.45, 7) is -0.257. The molecule has 13 heteroatoms. The Balaban J connectivity index is 1.65. The second kappa shape index (κ2) is 8.82. The Morgan fingerprint density at radius 1 is 0.778 bits per heavy atom. The van der Waals surface area contributed by atoms with E-state index >= 15 is 0 Å².